The Labute approximate surface area is 129 Å². The maximum Gasteiger partial charge on any atom is 0.0945 e. The lowest BCUT2D eigenvalue weighted by Crippen LogP contribution is -2.19. The topological polar surface area (TPSA) is 29.9 Å². The molecule has 0 spiro atoms. The lowest BCUT2D eigenvalue weighted by Gasteiger charge is -2.17. The summed E-state index contributed by atoms with van der Waals surface area (Å²) in [5, 5.41) is 6.66. The van der Waals surface area contributed by atoms with E-state index >= 15 is 0 Å². The van der Waals surface area contributed by atoms with Gasteiger partial charge in [0.05, 0.1) is 12.0 Å². The molecule has 0 bridgehead atoms. The Morgan fingerprint density at radius 1 is 1.19 bits per heavy atom. The van der Waals surface area contributed by atoms with Crippen LogP contribution in [-0.4, -0.2) is 9.55 Å². The van der Waals surface area contributed by atoms with Crippen LogP contribution in [0.3, 0.4) is 0 Å². The molecule has 0 radical (unpaired) electrons. The van der Waals surface area contributed by atoms with Crippen LogP contribution in [0.25, 0.3) is 10.8 Å². The minimum Gasteiger partial charge on any atom is -0.337 e. The van der Waals surface area contributed by atoms with Gasteiger partial charge in [0.15, 0.2) is 0 Å². The van der Waals surface area contributed by atoms with E-state index in [2.05, 4.69) is 41.5 Å². The third-order valence-electron chi connectivity index (χ3n) is 3.88. The van der Waals surface area contributed by atoms with Crippen LogP contribution in [0.2, 0.25) is 5.02 Å². The van der Waals surface area contributed by atoms with E-state index in [1.807, 2.05) is 36.3 Å². The standard InChI is InChI=1S/C17H18ClN3/c1-12(20-10-13-9-19-11-21(13)2)14-7-8-17(18)16-6-4-3-5-15(14)16/h3-9,11-12,20H,10H2,1-2H3/t12-/m1/s1. The van der Waals surface area contributed by atoms with E-state index < -0.39 is 0 Å². The molecule has 0 fully saturated rings. The molecule has 1 atom stereocenters. The van der Waals surface area contributed by atoms with E-state index in [1.54, 1.807) is 0 Å². The second-order valence-electron chi connectivity index (χ2n) is 5.28. The highest BCUT2D eigenvalue weighted by atomic mass is 35.5. The van der Waals surface area contributed by atoms with Crippen molar-refractivity contribution in [3.8, 4) is 0 Å². The average Bonchev–Trinajstić information content (AvgIpc) is 2.91. The quantitative estimate of drug-likeness (QED) is 0.787. The summed E-state index contributed by atoms with van der Waals surface area (Å²) in [4.78, 5) is 4.14. The summed E-state index contributed by atoms with van der Waals surface area (Å²) in [6.07, 6.45) is 3.71. The van der Waals surface area contributed by atoms with E-state index in [9.17, 15) is 0 Å². The summed E-state index contributed by atoms with van der Waals surface area (Å²) in [6.45, 7) is 2.96. The Bertz CT molecular complexity index is 764. The monoisotopic (exact) mass is 299 g/mol. The molecule has 3 nitrogen and oxygen atoms in total. The first-order chi connectivity index (χ1) is 10.2. The van der Waals surface area contributed by atoms with Crippen LogP contribution >= 0.6 is 11.6 Å². The van der Waals surface area contributed by atoms with E-state index in [-0.39, 0.29) is 6.04 Å². The van der Waals surface area contributed by atoms with Crippen molar-refractivity contribution >= 4 is 22.4 Å². The molecule has 0 aliphatic carbocycles. The number of hydrogen-bond donors (Lipinski definition) is 1. The van der Waals surface area contributed by atoms with Crippen LogP contribution in [0.5, 0.6) is 0 Å². The van der Waals surface area contributed by atoms with Crippen LogP contribution in [0.4, 0.5) is 0 Å². The Balaban J connectivity index is 1.86. The van der Waals surface area contributed by atoms with Gasteiger partial charge in [-0.05, 0) is 23.9 Å². The maximum absolute atomic E-state index is 6.28. The summed E-state index contributed by atoms with van der Waals surface area (Å²) in [6, 6.07) is 12.6. The number of fused-ring (bicyclic) bond motifs is 1. The van der Waals surface area contributed by atoms with Gasteiger partial charge in [-0.25, -0.2) is 4.98 Å². The molecule has 108 valence electrons. The van der Waals surface area contributed by atoms with Gasteiger partial charge in [-0.1, -0.05) is 41.9 Å². The van der Waals surface area contributed by atoms with Crippen molar-refractivity contribution in [1.82, 2.24) is 14.9 Å². The van der Waals surface area contributed by atoms with Crippen molar-refractivity contribution in [1.29, 1.82) is 0 Å². The molecule has 1 N–H and O–H groups in total. The van der Waals surface area contributed by atoms with Gasteiger partial charge in [-0.15, -0.1) is 0 Å². The molecular weight excluding hydrogens is 282 g/mol. The predicted octanol–water partition coefficient (Wildman–Crippen LogP) is 4.08. The fourth-order valence-corrected chi connectivity index (χ4v) is 2.81. The highest BCUT2D eigenvalue weighted by Gasteiger charge is 2.11. The Hall–Kier alpha value is -1.84. The molecule has 1 heterocycles. The number of nitrogens with zero attached hydrogens (tertiary/aromatic N) is 2. The third kappa shape index (κ3) is 2.80. The van der Waals surface area contributed by atoms with Crippen LogP contribution in [0, 0.1) is 0 Å². The molecule has 2 aromatic carbocycles. The van der Waals surface area contributed by atoms with Gasteiger partial charge in [0, 0.05) is 36.2 Å². The summed E-state index contributed by atoms with van der Waals surface area (Å²) >= 11 is 6.28. The first-order valence-electron chi connectivity index (χ1n) is 7.02. The van der Waals surface area contributed by atoms with Crippen molar-refractivity contribution in [2.45, 2.75) is 19.5 Å². The minimum absolute atomic E-state index is 0.238. The summed E-state index contributed by atoms with van der Waals surface area (Å²) in [5.41, 5.74) is 2.43. The van der Waals surface area contributed by atoms with Crippen molar-refractivity contribution in [3.05, 3.63) is 65.2 Å². The first kappa shape index (κ1) is 14.1. The molecule has 0 unspecified atom stereocenters. The molecule has 3 rings (SSSR count). The summed E-state index contributed by atoms with van der Waals surface area (Å²) in [5.74, 6) is 0. The Morgan fingerprint density at radius 3 is 2.67 bits per heavy atom. The number of imidazole rings is 1. The second-order valence-corrected chi connectivity index (χ2v) is 5.69. The molecule has 0 amide bonds. The lowest BCUT2D eigenvalue weighted by molar-refractivity contribution is 0.561. The molecule has 1 aromatic heterocycles. The van der Waals surface area contributed by atoms with Gasteiger partial charge in [0.25, 0.3) is 0 Å². The Morgan fingerprint density at radius 2 is 1.95 bits per heavy atom. The number of aryl methyl sites for hydroxylation is 1. The number of rotatable bonds is 4. The van der Waals surface area contributed by atoms with E-state index in [0.717, 1.165) is 17.0 Å². The van der Waals surface area contributed by atoms with Crippen molar-refractivity contribution in [3.63, 3.8) is 0 Å². The second kappa shape index (κ2) is 5.88. The van der Waals surface area contributed by atoms with Gasteiger partial charge in [-0.2, -0.15) is 0 Å². The molecule has 4 heteroatoms. The first-order valence-corrected chi connectivity index (χ1v) is 7.40. The van der Waals surface area contributed by atoms with Gasteiger partial charge in [0.2, 0.25) is 0 Å². The molecular formula is C17H18ClN3. The number of halogens is 1. The van der Waals surface area contributed by atoms with Crippen molar-refractivity contribution < 1.29 is 0 Å². The molecule has 0 saturated heterocycles. The lowest BCUT2D eigenvalue weighted by atomic mass is 9.99. The number of hydrogen-bond acceptors (Lipinski definition) is 2. The molecule has 0 aliphatic heterocycles. The number of benzene rings is 2. The van der Waals surface area contributed by atoms with Gasteiger partial charge in [-0.3, -0.25) is 0 Å². The predicted molar refractivity (Wildman–Crippen MR) is 87.4 cm³/mol. The smallest absolute Gasteiger partial charge is 0.0945 e. The number of aromatic nitrogens is 2. The van der Waals surface area contributed by atoms with Gasteiger partial charge in [0.1, 0.15) is 0 Å². The molecule has 0 saturated carbocycles. The maximum atomic E-state index is 6.28. The zero-order valence-electron chi connectivity index (χ0n) is 12.2. The Kier molecular flexibility index (Phi) is 3.95. The number of nitrogens with one attached hydrogen (secondary N) is 1. The zero-order valence-corrected chi connectivity index (χ0v) is 12.9. The molecule has 21 heavy (non-hydrogen) atoms. The summed E-state index contributed by atoms with van der Waals surface area (Å²) < 4.78 is 2.03. The molecule has 3 aromatic rings. The normalized spacial score (nSPS) is 12.7. The fraction of sp³-hybridized carbons (Fsp3) is 0.235. The third-order valence-corrected chi connectivity index (χ3v) is 4.21. The largest absolute Gasteiger partial charge is 0.337 e. The fourth-order valence-electron chi connectivity index (χ4n) is 2.59. The highest BCUT2D eigenvalue weighted by molar-refractivity contribution is 6.35. The average molecular weight is 300 g/mol. The van der Waals surface area contributed by atoms with Crippen molar-refractivity contribution in [2.24, 2.45) is 7.05 Å². The van der Waals surface area contributed by atoms with E-state index in [4.69, 9.17) is 11.6 Å². The SMILES string of the molecule is C[C@@H](NCc1cncn1C)c1ccc(Cl)c2ccccc12. The van der Waals surface area contributed by atoms with E-state index in [1.165, 1.54) is 16.6 Å². The van der Waals surface area contributed by atoms with Gasteiger partial charge >= 0.3 is 0 Å². The summed E-state index contributed by atoms with van der Waals surface area (Å²) in [7, 11) is 2.01. The van der Waals surface area contributed by atoms with Gasteiger partial charge < -0.3 is 9.88 Å². The minimum atomic E-state index is 0.238. The van der Waals surface area contributed by atoms with Crippen molar-refractivity contribution in [2.75, 3.05) is 0 Å². The van der Waals surface area contributed by atoms with E-state index in [0.29, 0.717) is 0 Å². The van der Waals surface area contributed by atoms with Crippen LogP contribution in [-0.2, 0) is 13.6 Å². The van der Waals surface area contributed by atoms with Crippen LogP contribution < -0.4 is 5.32 Å². The van der Waals surface area contributed by atoms with Crippen LogP contribution in [0.1, 0.15) is 24.2 Å². The molecule has 0 aliphatic rings. The van der Waals surface area contributed by atoms with Crippen LogP contribution in [0.15, 0.2) is 48.9 Å². The highest BCUT2D eigenvalue weighted by Crippen LogP contribution is 2.29. The zero-order chi connectivity index (χ0) is 14.8.